The van der Waals surface area contributed by atoms with Crippen LogP contribution in [0.25, 0.3) is 0 Å². The first kappa shape index (κ1) is 16.6. The van der Waals surface area contributed by atoms with E-state index in [4.69, 9.17) is 23.2 Å². The summed E-state index contributed by atoms with van der Waals surface area (Å²) < 4.78 is 30.1. The summed E-state index contributed by atoms with van der Waals surface area (Å²) in [6.45, 7) is -2.74. The highest BCUT2D eigenvalue weighted by atomic mass is 35.5. The number of hydrogen-bond acceptors (Lipinski definition) is 2. The monoisotopic (exact) mass is 348 g/mol. The van der Waals surface area contributed by atoms with Crippen LogP contribution in [0.3, 0.4) is 0 Å². The summed E-state index contributed by atoms with van der Waals surface area (Å²) in [6, 6.07) is 7.54. The number of hydrogen-bond donors (Lipinski definition) is 1. The van der Waals surface area contributed by atoms with Crippen LogP contribution in [-0.2, 0) is 13.6 Å². The Hall–Kier alpha value is -1.79. The van der Waals surface area contributed by atoms with Crippen molar-refractivity contribution < 1.29 is 18.3 Å². The third-order valence-electron chi connectivity index (χ3n) is 2.93. The molecule has 8 heteroatoms. The van der Waals surface area contributed by atoms with E-state index < -0.39 is 6.61 Å². The molecular formula is C14H12Cl2F2N2O2. The number of alkyl halides is 2. The van der Waals surface area contributed by atoms with Gasteiger partial charge in [-0.2, -0.15) is 8.78 Å². The lowest BCUT2D eigenvalue weighted by molar-refractivity contribution is -0.0498. The van der Waals surface area contributed by atoms with E-state index in [0.29, 0.717) is 11.3 Å². The Kier molecular flexibility index (Phi) is 5.26. The Balaban J connectivity index is 2.03. The molecule has 1 N–H and O–H groups in total. The van der Waals surface area contributed by atoms with Gasteiger partial charge in [0.15, 0.2) is 0 Å². The Morgan fingerprint density at radius 1 is 1.36 bits per heavy atom. The molecule has 0 radical (unpaired) electrons. The molecule has 1 amide bonds. The van der Waals surface area contributed by atoms with Crippen molar-refractivity contribution in [1.29, 1.82) is 0 Å². The van der Waals surface area contributed by atoms with Gasteiger partial charge in [-0.05, 0) is 23.8 Å². The zero-order valence-electron chi connectivity index (χ0n) is 11.4. The maximum Gasteiger partial charge on any atom is 0.387 e. The smallest absolute Gasteiger partial charge is 0.387 e. The molecule has 0 saturated heterocycles. The van der Waals surface area contributed by atoms with E-state index in [2.05, 4.69) is 10.1 Å². The number of benzene rings is 1. The molecule has 22 heavy (non-hydrogen) atoms. The van der Waals surface area contributed by atoms with Crippen molar-refractivity contribution in [2.75, 3.05) is 0 Å². The van der Waals surface area contributed by atoms with Gasteiger partial charge >= 0.3 is 6.61 Å². The molecule has 2 rings (SSSR count). The number of amides is 1. The van der Waals surface area contributed by atoms with Gasteiger partial charge in [0.1, 0.15) is 16.6 Å². The average Bonchev–Trinajstić information content (AvgIpc) is 2.72. The maximum atomic E-state index is 12.2. The molecule has 0 aliphatic heterocycles. The predicted molar refractivity (Wildman–Crippen MR) is 79.7 cm³/mol. The zero-order chi connectivity index (χ0) is 16.3. The van der Waals surface area contributed by atoms with E-state index in [1.807, 2.05) is 0 Å². The van der Waals surface area contributed by atoms with Crippen LogP contribution < -0.4 is 10.1 Å². The first-order chi connectivity index (χ1) is 10.4. The molecule has 1 aromatic heterocycles. The minimum absolute atomic E-state index is 0.0340. The lowest BCUT2D eigenvalue weighted by Crippen LogP contribution is -2.24. The second kappa shape index (κ2) is 6.98. The lowest BCUT2D eigenvalue weighted by Gasteiger charge is -2.09. The third kappa shape index (κ3) is 3.90. The van der Waals surface area contributed by atoms with Gasteiger partial charge in [0.25, 0.3) is 5.91 Å². The van der Waals surface area contributed by atoms with Crippen LogP contribution in [0, 0.1) is 0 Å². The number of carbonyl (C=O) groups excluding carboxylic acids is 1. The van der Waals surface area contributed by atoms with Crippen molar-refractivity contribution in [3.63, 3.8) is 0 Å². The summed E-state index contributed by atoms with van der Waals surface area (Å²) in [5.74, 6) is -0.344. The SMILES string of the molecule is Cn1c(C(=O)NCc2cccc(OC(F)F)c2)cc(Cl)c1Cl. The number of rotatable bonds is 5. The number of nitrogens with one attached hydrogen (secondary N) is 1. The van der Waals surface area contributed by atoms with Gasteiger partial charge < -0.3 is 14.6 Å². The van der Waals surface area contributed by atoms with E-state index >= 15 is 0 Å². The third-order valence-corrected chi connectivity index (χ3v) is 3.77. The van der Waals surface area contributed by atoms with E-state index in [-0.39, 0.29) is 28.4 Å². The highest BCUT2D eigenvalue weighted by Gasteiger charge is 2.15. The summed E-state index contributed by atoms with van der Waals surface area (Å²) in [7, 11) is 1.61. The van der Waals surface area contributed by atoms with Crippen molar-refractivity contribution in [2.24, 2.45) is 7.05 Å². The quantitative estimate of drug-likeness (QED) is 0.891. The van der Waals surface area contributed by atoms with Crippen molar-refractivity contribution in [3.05, 3.63) is 51.8 Å². The molecule has 118 valence electrons. The molecule has 2 aromatic rings. The molecule has 0 aliphatic carbocycles. The van der Waals surface area contributed by atoms with Crippen LogP contribution in [0.15, 0.2) is 30.3 Å². The molecule has 1 aromatic carbocycles. The molecule has 0 unspecified atom stereocenters. The van der Waals surface area contributed by atoms with Gasteiger partial charge in [0, 0.05) is 13.6 Å². The summed E-state index contributed by atoms with van der Waals surface area (Å²) >= 11 is 11.7. The van der Waals surface area contributed by atoms with Gasteiger partial charge in [0.05, 0.1) is 5.02 Å². The summed E-state index contributed by atoms with van der Waals surface area (Å²) in [5, 5.41) is 3.20. The number of carbonyl (C=O) groups is 1. The van der Waals surface area contributed by atoms with E-state index in [1.54, 1.807) is 19.2 Å². The molecule has 0 bridgehead atoms. The molecule has 0 aliphatic rings. The Bertz CT molecular complexity index is 689. The first-order valence-electron chi connectivity index (χ1n) is 6.21. The van der Waals surface area contributed by atoms with Crippen LogP contribution in [0.1, 0.15) is 16.1 Å². The van der Waals surface area contributed by atoms with Crippen LogP contribution in [0.5, 0.6) is 5.75 Å². The van der Waals surface area contributed by atoms with E-state index in [0.717, 1.165) is 0 Å². The first-order valence-corrected chi connectivity index (χ1v) is 6.96. The minimum atomic E-state index is -2.89. The normalized spacial score (nSPS) is 10.8. The molecule has 1 heterocycles. The highest BCUT2D eigenvalue weighted by Crippen LogP contribution is 2.25. The Morgan fingerprint density at radius 3 is 2.68 bits per heavy atom. The number of aromatic nitrogens is 1. The van der Waals surface area contributed by atoms with E-state index in [9.17, 15) is 13.6 Å². The van der Waals surface area contributed by atoms with Gasteiger partial charge in [-0.15, -0.1) is 0 Å². The number of nitrogens with zero attached hydrogens (tertiary/aromatic N) is 1. The van der Waals surface area contributed by atoms with Crippen LogP contribution >= 0.6 is 23.2 Å². The van der Waals surface area contributed by atoms with Gasteiger partial charge in [-0.25, -0.2) is 0 Å². The zero-order valence-corrected chi connectivity index (χ0v) is 13.0. The maximum absolute atomic E-state index is 12.2. The van der Waals surface area contributed by atoms with Crippen LogP contribution in [0.2, 0.25) is 10.2 Å². The standard InChI is InChI=1S/C14H12Cl2F2N2O2/c1-20-11(6-10(15)12(20)16)13(21)19-7-8-3-2-4-9(5-8)22-14(17)18/h2-6,14H,7H2,1H3,(H,19,21). The summed E-state index contributed by atoms with van der Waals surface area (Å²) in [5.41, 5.74) is 0.924. The van der Waals surface area contributed by atoms with Gasteiger partial charge in [0.2, 0.25) is 0 Å². The topological polar surface area (TPSA) is 43.3 Å². The van der Waals surface area contributed by atoms with Gasteiger partial charge in [-0.3, -0.25) is 4.79 Å². The summed E-state index contributed by atoms with van der Waals surface area (Å²) in [6.07, 6.45) is 0. The molecule has 4 nitrogen and oxygen atoms in total. The second-order valence-electron chi connectivity index (χ2n) is 4.44. The molecular weight excluding hydrogens is 337 g/mol. The average molecular weight is 349 g/mol. The molecule has 0 spiro atoms. The second-order valence-corrected chi connectivity index (χ2v) is 5.20. The van der Waals surface area contributed by atoms with Crippen molar-refractivity contribution in [2.45, 2.75) is 13.2 Å². The number of halogens is 4. The fraction of sp³-hybridized carbons (Fsp3) is 0.214. The largest absolute Gasteiger partial charge is 0.435 e. The van der Waals surface area contributed by atoms with Crippen LogP contribution in [-0.4, -0.2) is 17.1 Å². The fourth-order valence-corrected chi connectivity index (χ4v) is 2.24. The van der Waals surface area contributed by atoms with Crippen molar-refractivity contribution >= 4 is 29.1 Å². The molecule has 0 fully saturated rings. The predicted octanol–water partition coefficient (Wildman–Crippen LogP) is 3.86. The Labute approximate surface area is 135 Å². The Morgan fingerprint density at radius 2 is 2.09 bits per heavy atom. The summed E-state index contributed by atoms with van der Waals surface area (Å²) in [4.78, 5) is 12.1. The van der Waals surface area contributed by atoms with Crippen molar-refractivity contribution in [3.8, 4) is 5.75 Å². The number of ether oxygens (including phenoxy) is 1. The van der Waals surface area contributed by atoms with Crippen LogP contribution in [0.4, 0.5) is 8.78 Å². The minimum Gasteiger partial charge on any atom is -0.435 e. The highest BCUT2D eigenvalue weighted by molar-refractivity contribution is 6.41. The lowest BCUT2D eigenvalue weighted by atomic mass is 10.2. The molecule has 0 atom stereocenters. The molecule has 0 saturated carbocycles. The van der Waals surface area contributed by atoms with Gasteiger partial charge in [-0.1, -0.05) is 35.3 Å². The fourth-order valence-electron chi connectivity index (χ4n) is 1.86. The van der Waals surface area contributed by atoms with E-state index in [1.165, 1.54) is 22.8 Å². The van der Waals surface area contributed by atoms with Crippen molar-refractivity contribution in [1.82, 2.24) is 9.88 Å².